The first-order chi connectivity index (χ1) is 10.8. The van der Waals surface area contributed by atoms with E-state index in [1.54, 1.807) is 6.07 Å². The van der Waals surface area contributed by atoms with Crippen molar-refractivity contribution < 1.29 is 28.5 Å². The number of benzene rings is 1. The van der Waals surface area contributed by atoms with Crippen LogP contribution in [0.1, 0.15) is 31.2 Å². The molecule has 2 rings (SSSR count). The van der Waals surface area contributed by atoms with Crippen molar-refractivity contribution in [3.8, 4) is 5.75 Å². The van der Waals surface area contributed by atoms with Gasteiger partial charge in [-0.3, -0.25) is 4.79 Å². The molecule has 0 saturated heterocycles. The van der Waals surface area contributed by atoms with Gasteiger partial charge in [-0.1, -0.05) is 12.5 Å². The summed E-state index contributed by atoms with van der Waals surface area (Å²) >= 11 is 0. The van der Waals surface area contributed by atoms with Crippen molar-refractivity contribution in [1.29, 1.82) is 0 Å². The van der Waals surface area contributed by atoms with Crippen LogP contribution in [0, 0.1) is 0 Å². The average Bonchev–Trinajstić information content (AvgIpc) is 2.72. The Morgan fingerprint density at radius 2 is 1.91 bits per heavy atom. The van der Waals surface area contributed by atoms with Gasteiger partial charge in [-0.25, -0.2) is 9.03 Å². The Labute approximate surface area is 133 Å². The molecule has 1 aromatic carbocycles. The Balaban J connectivity index is 2.06. The van der Waals surface area contributed by atoms with Gasteiger partial charge in [-0.05, 0) is 37.0 Å². The molecule has 0 aromatic heterocycles. The number of aromatic hydroxyl groups is 1. The highest BCUT2D eigenvalue weighted by atomic mass is 32.2. The normalized spacial score (nSPS) is 16.0. The van der Waals surface area contributed by atoms with Crippen LogP contribution in [-0.2, 0) is 21.4 Å². The molecule has 0 saturated carbocycles. The summed E-state index contributed by atoms with van der Waals surface area (Å²) < 4.78 is 26.3. The number of aliphatic hydroxyl groups is 1. The van der Waals surface area contributed by atoms with Gasteiger partial charge < -0.3 is 15.3 Å². The highest BCUT2D eigenvalue weighted by Gasteiger charge is 2.30. The number of phenolic OH excluding ortho intramolecular Hbond substituents is 1. The Kier molecular flexibility index (Phi) is 4.99. The number of unbranched alkanes of at least 4 members (excludes halogenated alkanes) is 2. The Morgan fingerprint density at radius 1 is 1.17 bits per heavy atom. The van der Waals surface area contributed by atoms with E-state index in [-0.39, 0.29) is 17.9 Å². The highest BCUT2D eigenvalue weighted by molar-refractivity contribution is 7.91. The third-order valence-electron chi connectivity index (χ3n) is 3.37. The van der Waals surface area contributed by atoms with Gasteiger partial charge in [-0.15, -0.1) is 0 Å². The number of nitrogens with zero attached hydrogens (tertiary/aromatic N) is 1. The smallest absolute Gasteiger partial charge is 0.330 e. The second kappa shape index (κ2) is 6.78. The number of hydrogen-bond acceptors (Lipinski definition) is 5. The lowest BCUT2D eigenvalue weighted by atomic mass is 10.1. The number of hydrogen-bond donors (Lipinski definition) is 4. The quantitative estimate of drug-likeness (QED) is 0.557. The molecular formula is C14H18N2O6S. The first-order valence-corrected chi connectivity index (χ1v) is 8.50. The van der Waals surface area contributed by atoms with Gasteiger partial charge in [-0.2, -0.15) is 8.42 Å². The minimum atomic E-state index is -3.95. The van der Waals surface area contributed by atoms with Crippen molar-refractivity contribution in [1.82, 2.24) is 4.72 Å². The number of carbonyl (C=O) groups is 1. The van der Waals surface area contributed by atoms with Gasteiger partial charge in [0.05, 0.1) is 6.20 Å². The van der Waals surface area contributed by atoms with Gasteiger partial charge >= 0.3 is 16.2 Å². The van der Waals surface area contributed by atoms with Crippen LogP contribution in [-0.4, -0.2) is 29.7 Å². The molecule has 1 aliphatic heterocycles. The summed E-state index contributed by atoms with van der Waals surface area (Å²) in [6.07, 6.45) is 3.81. The third-order valence-corrected chi connectivity index (χ3v) is 4.65. The molecule has 23 heavy (non-hydrogen) atoms. The zero-order chi connectivity index (χ0) is 17.0. The fraction of sp³-hybridized carbons (Fsp3) is 0.357. The highest BCUT2D eigenvalue weighted by Crippen LogP contribution is 2.32. The molecule has 1 aromatic rings. The van der Waals surface area contributed by atoms with Crippen molar-refractivity contribution in [3.63, 3.8) is 0 Å². The van der Waals surface area contributed by atoms with Crippen molar-refractivity contribution >= 4 is 21.9 Å². The fourth-order valence-corrected chi connectivity index (χ4v) is 3.33. The molecule has 1 heterocycles. The number of aliphatic carboxylic acids is 1. The number of anilines is 1. The van der Waals surface area contributed by atoms with Crippen molar-refractivity contribution in [2.45, 2.75) is 32.1 Å². The molecule has 1 aliphatic rings. The van der Waals surface area contributed by atoms with E-state index in [2.05, 4.69) is 0 Å². The number of rotatable bonds is 7. The maximum atomic E-state index is 11.8. The summed E-state index contributed by atoms with van der Waals surface area (Å²) in [5.41, 5.74) is 0.854. The summed E-state index contributed by atoms with van der Waals surface area (Å²) in [7, 11) is -3.95. The SMILES string of the molecule is O=C(O)CCCCCc1ccc(O)c(N2C=C(O)NS2(=O)=O)c1. The summed E-state index contributed by atoms with van der Waals surface area (Å²) in [6, 6.07) is 4.59. The van der Waals surface area contributed by atoms with Crippen LogP contribution in [0.4, 0.5) is 5.69 Å². The summed E-state index contributed by atoms with van der Waals surface area (Å²) in [5.74, 6) is -1.57. The lowest BCUT2D eigenvalue weighted by molar-refractivity contribution is -0.137. The maximum absolute atomic E-state index is 11.8. The number of carboxylic acid groups (broad SMARTS) is 1. The van der Waals surface area contributed by atoms with Crippen molar-refractivity contribution in [2.75, 3.05) is 4.31 Å². The molecule has 0 fully saturated rings. The summed E-state index contributed by atoms with van der Waals surface area (Å²) in [4.78, 5) is 10.4. The number of phenols is 1. The molecule has 0 unspecified atom stereocenters. The molecule has 4 N–H and O–H groups in total. The predicted molar refractivity (Wildman–Crippen MR) is 83.2 cm³/mol. The van der Waals surface area contributed by atoms with E-state index in [4.69, 9.17) is 5.11 Å². The monoisotopic (exact) mass is 342 g/mol. The van der Waals surface area contributed by atoms with Gasteiger partial charge in [0.2, 0.25) is 5.88 Å². The van der Waals surface area contributed by atoms with Crippen LogP contribution in [0.5, 0.6) is 5.75 Å². The molecule has 9 heteroatoms. The minimum absolute atomic E-state index is 0.0459. The molecule has 0 spiro atoms. The van der Waals surface area contributed by atoms with Crippen LogP contribution < -0.4 is 9.03 Å². The fourth-order valence-electron chi connectivity index (χ4n) is 2.27. The van der Waals surface area contributed by atoms with Gasteiger partial charge in [0.1, 0.15) is 11.4 Å². The Hall–Kier alpha value is -2.42. The first-order valence-electron chi connectivity index (χ1n) is 7.06. The van der Waals surface area contributed by atoms with Crippen LogP contribution in [0.2, 0.25) is 0 Å². The molecule has 0 aliphatic carbocycles. The van der Waals surface area contributed by atoms with Gasteiger partial charge in [0, 0.05) is 6.42 Å². The van der Waals surface area contributed by atoms with Crippen LogP contribution >= 0.6 is 0 Å². The molecule has 126 valence electrons. The van der Waals surface area contributed by atoms with E-state index < -0.39 is 22.1 Å². The van der Waals surface area contributed by atoms with E-state index in [1.165, 1.54) is 12.1 Å². The maximum Gasteiger partial charge on any atom is 0.330 e. The summed E-state index contributed by atoms with van der Waals surface area (Å²) in [6.45, 7) is 0. The van der Waals surface area contributed by atoms with E-state index in [0.717, 1.165) is 28.9 Å². The van der Waals surface area contributed by atoms with Crippen LogP contribution in [0.3, 0.4) is 0 Å². The predicted octanol–water partition coefficient (Wildman–Crippen LogP) is 1.59. The van der Waals surface area contributed by atoms with E-state index >= 15 is 0 Å². The number of aliphatic hydroxyl groups excluding tert-OH is 1. The average molecular weight is 342 g/mol. The molecular weight excluding hydrogens is 324 g/mol. The number of nitrogens with one attached hydrogen (secondary N) is 1. The zero-order valence-corrected chi connectivity index (χ0v) is 13.1. The topological polar surface area (TPSA) is 127 Å². The first kappa shape index (κ1) is 16.9. The van der Waals surface area contributed by atoms with E-state index in [0.29, 0.717) is 12.8 Å². The molecule has 0 amide bonds. The molecule has 0 bridgehead atoms. The van der Waals surface area contributed by atoms with Crippen molar-refractivity contribution in [3.05, 3.63) is 35.8 Å². The van der Waals surface area contributed by atoms with Gasteiger partial charge in [0.15, 0.2) is 0 Å². The Bertz CT molecular complexity index is 729. The number of carboxylic acids is 1. The zero-order valence-electron chi connectivity index (χ0n) is 12.3. The standard InChI is InChI=1S/C14H18N2O6S/c17-12-7-6-10(4-2-1-3-5-14(19)20)8-11(12)16-9-13(18)15-23(16,21)22/h6-9,15,17-18H,1-5H2,(H,19,20). The Morgan fingerprint density at radius 3 is 2.52 bits per heavy atom. The van der Waals surface area contributed by atoms with Crippen LogP contribution in [0.25, 0.3) is 0 Å². The second-order valence-corrected chi connectivity index (χ2v) is 6.74. The van der Waals surface area contributed by atoms with Crippen LogP contribution in [0.15, 0.2) is 30.3 Å². The minimum Gasteiger partial charge on any atom is -0.506 e. The van der Waals surface area contributed by atoms with E-state index in [9.17, 15) is 23.4 Å². The molecule has 8 nitrogen and oxygen atoms in total. The van der Waals surface area contributed by atoms with Crippen molar-refractivity contribution in [2.24, 2.45) is 0 Å². The molecule has 0 radical (unpaired) electrons. The van der Waals surface area contributed by atoms with Gasteiger partial charge in [0.25, 0.3) is 0 Å². The third kappa shape index (κ3) is 4.28. The number of aryl methyl sites for hydroxylation is 1. The summed E-state index contributed by atoms with van der Waals surface area (Å²) in [5, 5.41) is 27.7. The lowest BCUT2D eigenvalue weighted by Crippen LogP contribution is -2.29. The molecule has 0 atom stereocenters. The lowest BCUT2D eigenvalue weighted by Gasteiger charge is -2.16. The largest absolute Gasteiger partial charge is 0.506 e. The van der Waals surface area contributed by atoms with E-state index in [1.807, 2.05) is 4.72 Å². The second-order valence-electron chi connectivity index (χ2n) is 5.19.